The minimum atomic E-state index is -3.72. The number of carbonyl (C=O) groups excluding carboxylic acids is 2. The fourth-order valence-electron chi connectivity index (χ4n) is 3.09. The van der Waals surface area contributed by atoms with E-state index in [0.29, 0.717) is 6.42 Å². The fourth-order valence-corrected chi connectivity index (χ4v) is 4.14. The van der Waals surface area contributed by atoms with Gasteiger partial charge in [0, 0.05) is 26.2 Å². The van der Waals surface area contributed by atoms with Crippen LogP contribution in [0.15, 0.2) is 30.3 Å². The van der Waals surface area contributed by atoms with Crippen LogP contribution in [0.2, 0.25) is 0 Å². The minimum Gasteiger partial charge on any atom is -0.335 e. The van der Waals surface area contributed by atoms with Crippen LogP contribution in [-0.4, -0.2) is 62.3 Å². The molecule has 24 heavy (non-hydrogen) atoms. The second-order valence-corrected chi connectivity index (χ2v) is 7.65. The maximum absolute atomic E-state index is 12.2. The van der Waals surface area contributed by atoms with Crippen molar-refractivity contribution < 1.29 is 18.0 Å². The van der Waals surface area contributed by atoms with E-state index in [2.05, 4.69) is 9.44 Å². The molecule has 2 amide bonds. The first-order chi connectivity index (χ1) is 11.4. The van der Waals surface area contributed by atoms with Crippen molar-refractivity contribution in [1.82, 2.24) is 19.2 Å². The number of hydrogen-bond donors (Lipinski definition) is 2. The van der Waals surface area contributed by atoms with Crippen LogP contribution in [0.3, 0.4) is 0 Å². The highest BCUT2D eigenvalue weighted by molar-refractivity contribution is 7.87. The number of fused-ring (bicyclic) bond motifs is 1. The number of nitrogens with one attached hydrogen (secondary N) is 2. The van der Waals surface area contributed by atoms with Crippen LogP contribution >= 0.6 is 0 Å². The Bertz CT molecular complexity index is 737. The van der Waals surface area contributed by atoms with E-state index in [9.17, 15) is 18.0 Å². The number of nitrogens with zero attached hydrogens (tertiary/aromatic N) is 2. The Morgan fingerprint density at radius 3 is 2.62 bits per heavy atom. The maximum Gasteiger partial charge on any atom is 0.277 e. The van der Waals surface area contributed by atoms with E-state index in [1.165, 1.54) is 9.80 Å². The Labute approximate surface area is 141 Å². The van der Waals surface area contributed by atoms with E-state index in [-0.39, 0.29) is 31.4 Å². The van der Waals surface area contributed by atoms with Crippen molar-refractivity contribution in [1.29, 1.82) is 0 Å². The van der Waals surface area contributed by atoms with Crippen LogP contribution < -0.4 is 9.44 Å². The lowest BCUT2D eigenvalue weighted by molar-refractivity contribution is -0.152. The predicted octanol–water partition coefficient (Wildman–Crippen LogP) is -0.948. The molecule has 2 fully saturated rings. The van der Waals surface area contributed by atoms with Crippen LogP contribution in [0.4, 0.5) is 0 Å². The van der Waals surface area contributed by atoms with Gasteiger partial charge in [0.2, 0.25) is 11.8 Å². The molecule has 8 nitrogen and oxygen atoms in total. The normalized spacial score (nSPS) is 24.4. The van der Waals surface area contributed by atoms with Crippen molar-refractivity contribution in [2.45, 2.75) is 25.0 Å². The van der Waals surface area contributed by atoms with Gasteiger partial charge in [-0.2, -0.15) is 17.9 Å². The number of rotatable bonds is 5. The van der Waals surface area contributed by atoms with Crippen LogP contribution in [0.5, 0.6) is 0 Å². The third kappa shape index (κ3) is 3.58. The average Bonchev–Trinajstić information content (AvgIpc) is 2.96. The minimum absolute atomic E-state index is 0.0427. The molecule has 2 saturated heterocycles. The second-order valence-electron chi connectivity index (χ2n) is 6.12. The van der Waals surface area contributed by atoms with E-state index in [1.54, 1.807) is 7.05 Å². The zero-order valence-corrected chi connectivity index (χ0v) is 14.1. The van der Waals surface area contributed by atoms with Crippen molar-refractivity contribution >= 4 is 22.0 Å². The average molecular weight is 352 g/mol. The number of benzene rings is 1. The van der Waals surface area contributed by atoms with E-state index in [1.807, 2.05) is 30.3 Å². The summed E-state index contributed by atoms with van der Waals surface area (Å²) in [6.45, 7) is 0.438. The fraction of sp³-hybridized carbons (Fsp3) is 0.467. The first-order valence-corrected chi connectivity index (χ1v) is 9.19. The molecule has 3 rings (SSSR count). The molecule has 2 heterocycles. The van der Waals surface area contributed by atoms with E-state index < -0.39 is 22.3 Å². The van der Waals surface area contributed by atoms with Gasteiger partial charge in [-0.05, 0) is 12.0 Å². The van der Waals surface area contributed by atoms with Gasteiger partial charge >= 0.3 is 0 Å². The number of likely N-dealkylation sites (N-methyl/N-ethyl adjacent to an activating group) is 1. The molecule has 0 aliphatic carbocycles. The zero-order chi connectivity index (χ0) is 17.3. The molecule has 0 unspecified atom stereocenters. The third-order valence-corrected chi connectivity index (χ3v) is 5.45. The van der Waals surface area contributed by atoms with Gasteiger partial charge in [-0.1, -0.05) is 30.3 Å². The van der Waals surface area contributed by atoms with Crippen LogP contribution in [0.1, 0.15) is 12.0 Å². The van der Waals surface area contributed by atoms with Crippen LogP contribution in [-0.2, 0) is 26.3 Å². The van der Waals surface area contributed by atoms with Crippen LogP contribution in [0.25, 0.3) is 0 Å². The molecular formula is C15H20N4O4S. The predicted molar refractivity (Wildman–Crippen MR) is 86.9 cm³/mol. The summed E-state index contributed by atoms with van der Waals surface area (Å²) in [5.74, 6) is -0.297. The summed E-state index contributed by atoms with van der Waals surface area (Å²) in [5.41, 5.74) is 0.846. The Balaban J connectivity index is 1.60. The second kappa shape index (κ2) is 6.50. The molecule has 130 valence electrons. The topological polar surface area (TPSA) is 98.8 Å². The van der Waals surface area contributed by atoms with Gasteiger partial charge in [-0.3, -0.25) is 9.59 Å². The highest BCUT2D eigenvalue weighted by Crippen LogP contribution is 2.23. The number of amides is 2. The van der Waals surface area contributed by atoms with Gasteiger partial charge in [-0.25, -0.2) is 0 Å². The summed E-state index contributed by atoms with van der Waals surface area (Å²) in [6, 6.07) is 8.13. The van der Waals surface area contributed by atoms with E-state index in [0.717, 1.165) is 5.56 Å². The lowest BCUT2D eigenvalue weighted by Gasteiger charge is -2.33. The summed E-state index contributed by atoms with van der Waals surface area (Å²) in [4.78, 5) is 27.0. The molecule has 9 heteroatoms. The number of carbonyl (C=O) groups is 2. The SMILES string of the molecule is CN1CC(=O)N2C[C@@H](NS(=O)(=O)NCc3ccccc3)C[C@H]2C1=O. The largest absolute Gasteiger partial charge is 0.335 e. The van der Waals surface area contributed by atoms with E-state index >= 15 is 0 Å². The Morgan fingerprint density at radius 2 is 1.92 bits per heavy atom. The molecule has 2 atom stereocenters. The quantitative estimate of drug-likeness (QED) is 0.714. The Hall–Kier alpha value is -1.97. The zero-order valence-electron chi connectivity index (χ0n) is 13.3. The van der Waals surface area contributed by atoms with Gasteiger partial charge in [0.1, 0.15) is 6.04 Å². The molecule has 0 aromatic heterocycles. The molecule has 2 aliphatic heterocycles. The van der Waals surface area contributed by atoms with Crippen molar-refractivity contribution in [2.75, 3.05) is 20.1 Å². The molecule has 1 aromatic rings. The van der Waals surface area contributed by atoms with Crippen molar-refractivity contribution in [3.05, 3.63) is 35.9 Å². The van der Waals surface area contributed by atoms with Gasteiger partial charge in [-0.15, -0.1) is 0 Å². The smallest absolute Gasteiger partial charge is 0.277 e. The first-order valence-electron chi connectivity index (χ1n) is 7.71. The van der Waals surface area contributed by atoms with Crippen molar-refractivity contribution in [3.63, 3.8) is 0 Å². The summed E-state index contributed by atoms with van der Waals surface area (Å²) in [6.07, 6.45) is 0.293. The third-order valence-electron chi connectivity index (χ3n) is 4.29. The van der Waals surface area contributed by atoms with Crippen molar-refractivity contribution in [3.8, 4) is 0 Å². The molecule has 0 radical (unpaired) electrons. The van der Waals surface area contributed by atoms with Gasteiger partial charge in [0.15, 0.2) is 0 Å². The molecule has 2 aliphatic rings. The van der Waals surface area contributed by atoms with Crippen LogP contribution in [0, 0.1) is 0 Å². The number of piperazine rings is 1. The van der Waals surface area contributed by atoms with Gasteiger partial charge in [0.05, 0.1) is 6.54 Å². The summed E-state index contributed by atoms with van der Waals surface area (Å²) in [7, 11) is -2.14. The molecule has 0 spiro atoms. The number of hydrogen-bond acceptors (Lipinski definition) is 4. The lowest BCUT2D eigenvalue weighted by atomic mass is 10.1. The summed E-state index contributed by atoms with van der Waals surface area (Å²) in [5, 5.41) is 0. The molecule has 1 aromatic carbocycles. The highest BCUT2D eigenvalue weighted by atomic mass is 32.2. The van der Waals surface area contributed by atoms with Gasteiger partial charge < -0.3 is 9.80 Å². The van der Waals surface area contributed by atoms with E-state index in [4.69, 9.17) is 0 Å². The Morgan fingerprint density at radius 1 is 1.21 bits per heavy atom. The molecule has 2 N–H and O–H groups in total. The molecule has 0 saturated carbocycles. The summed E-state index contributed by atoms with van der Waals surface area (Å²) >= 11 is 0. The lowest BCUT2D eigenvalue weighted by Crippen LogP contribution is -2.55. The van der Waals surface area contributed by atoms with Crippen molar-refractivity contribution in [2.24, 2.45) is 0 Å². The Kier molecular flexibility index (Phi) is 4.57. The highest BCUT2D eigenvalue weighted by Gasteiger charge is 2.45. The first kappa shape index (κ1) is 16.9. The monoisotopic (exact) mass is 352 g/mol. The standard InChI is InChI=1S/C15H20N4O4S/c1-18-10-14(20)19-9-12(7-13(19)15(18)21)17-24(22,23)16-8-11-5-3-2-4-6-11/h2-6,12-13,16-17H,7-10H2,1H3/t12-,13-/m0/s1. The van der Waals surface area contributed by atoms with Gasteiger partial charge in [0.25, 0.3) is 10.2 Å². The molecular weight excluding hydrogens is 332 g/mol. The summed E-state index contributed by atoms with van der Waals surface area (Å²) < 4.78 is 29.4. The molecule has 0 bridgehead atoms. The maximum atomic E-state index is 12.2.